The van der Waals surface area contributed by atoms with Crippen molar-refractivity contribution in [3.63, 3.8) is 0 Å². The largest absolute Gasteiger partial charge is 0.320 e. The molecule has 1 aliphatic carbocycles. The van der Waals surface area contributed by atoms with Crippen LogP contribution in [0.2, 0.25) is 0 Å². The number of nitrogens with zero attached hydrogens (tertiary/aromatic N) is 1. The molecule has 2 heterocycles. The molecular formula is C17H23N2O3S+. The molecule has 3 atom stereocenters. The number of quaternary nitrogens is 1. The lowest BCUT2D eigenvalue weighted by atomic mass is 10.00. The number of hydrogen-bond acceptors (Lipinski definition) is 3. The first kappa shape index (κ1) is 15.1. The monoisotopic (exact) mass is 335 g/mol. The molecule has 4 rings (SSSR count). The molecule has 0 radical (unpaired) electrons. The number of fused-ring (bicyclic) bond motifs is 1. The van der Waals surface area contributed by atoms with E-state index in [4.69, 9.17) is 0 Å². The predicted molar refractivity (Wildman–Crippen MR) is 88.2 cm³/mol. The molecule has 1 unspecified atom stereocenters. The number of anilines is 1. The molecule has 0 aromatic heterocycles. The fourth-order valence-electron chi connectivity index (χ4n) is 4.68. The SMILES string of the molecule is O=C1C[NH+](C2CCCC2)[C@H]2CS(=O)(=O)C[C@H]2N1c1ccccc1. The van der Waals surface area contributed by atoms with Gasteiger partial charge in [0.15, 0.2) is 16.4 Å². The summed E-state index contributed by atoms with van der Waals surface area (Å²) < 4.78 is 24.6. The Morgan fingerprint density at radius 1 is 1.04 bits per heavy atom. The van der Waals surface area contributed by atoms with Crippen LogP contribution in [0.3, 0.4) is 0 Å². The number of benzene rings is 1. The van der Waals surface area contributed by atoms with E-state index in [1.54, 1.807) is 4.90 Å². The summed E-state index contributed by atoms with van der Waals surface area (Å²) in [5.74, 6) is 0.394. The fraction of sp³-hybridized carbons (Fsp3) is 0.588. The maximum Gasteiger partial charge on any atom is 0.282 e. The van der Waals surface area contributed by atoms with E-state index >= 15 is 0 Å². The van der Waals surface area contributed by atoms with Crippen LogP contribution in [0.25, 0.3) is 0 Å². The first-order valence-corrected chi connectivity index (χ1v) is 10.3. The van der Waals surface area contributed by atoms with Crippen molar-refractivity contribution >= 4 is 21.4 Å². The molecule has 23 heavy (non-hydrogen) atoms. The number of para-hydroxylation sites is 1. The van der Waals surface area contributed by atoms with Gasteiger partial charge in [0.1, 0.15) is 17.8 Å². The minimum atomic E-state index is -3.07. The van der Waals surface area contributed by atoms with E-state index in [0.29, 0.717) is 12.6 Å². The number of carbonyl (C=O) groups excluding carboxylic acids is 1. The zero-order chi connectivity index (χ0) is 16.0. The topological polar surface area (TPSA) is 58.9 Å². The lowest BCUT2D eigenvalue weighted by molar-refractivity contribution is -0.941. The summed E-state index contributed by atoms with van der Waals surface area (Å²) in [6.07, 6.45) is 4.65. The molecule has 2 aliphatic heterocycles. The molecular weight excluding hydrogens is 312 g/mol. The van der Waals surface area contributed by atoms with Crippen LogP contribution in [0.15, 0.2) is 30.3 Å². The van der Waals surface area contributed by atoms with Gasteiger partial charge in [-0.05, 0) is 37.8 Å². The van der Waals surface area contributed by atoms with Crippen molar-refractivity contribution in [3.05, 3.63) is 30.3 Å². The molecule has 1 saturated carbocycles. The lowest BCUT2D eigenvalue weighted by Gasteiger charge is -2.43. The molecule has 1 N–H and O–H groups in total. The van der Waals surface area contributed by atoms with E-state index in [1.165, 1.54) is 17.7 Å². The van der Waals surface area contributed by atoms with E-state index in [9.17, 15) is 13.2 Å². The number of rotatable bonds is 2. The second-order valence-corrected chi connectivity index (χ2v) is 9.24. The molecule has 2 saturated heterocycles. The van der Waals surface area contributed by atoms with E-state index < -0.39 is 9.84 Å². The van der Waals surface area contributed by atoms with Gasteiger partial charge >= 0.3 is 0 Å². The van der Waals surface area contributed by atoms with Gasteiger partial charge in [0.2, 0.25) is 0 Å². The molecule has 1 amide bonds. The number of amides is 1. The Morgan fingerprint density at radius 2 is 1.74 bits per heavy atom. The average molecular weight is 335 g/mol. The van der Waals surface area contributed by atoms with Crippen LogP contribution >= 0.6 is 0 Å². The Labute approximate surface area is 137 Å². The molecule has 0 bridgehead atoms. The van der Waals surface area contributed by atoms with Crippen LogP contribution in [0, 0.1) is 0 Å². The van der Waals surface area contributed by atoms with Gasteiger partial charge in [-0.1, -0.05) is 18.2 Å². The van der Waals surface area contributed by atoms with Gasteiger partial charge in [-0.15, -0.1) is 0 Å². The molecule has 0 spiro atoms. The van der Waals surface area contributed by atoms with Crippen LogP contribution in [-0.2, 0) is 14.6 Å². The summed E-state index contributed by atoms with van der Waals surface area (Å²) in [5, 5.41) is 0. The van der Waals surface area contributed by atoms with Crippen molar-refractivity contribution < 1.29 is 18.1 Å². The van der Waals surface area contributed by atoms with Gasteiger partial charge < -0.3 is 4.90 Å². The molecule has 3 aliphatic rings. The van der Waals surface area contributed by atoms with Crippen molar-refractivity contribution in [1.82, 2.24) is 0 Å². The van der Waals surface area contributed by atoms with Crippen LogP contribution < -0.4 is 9.80 Å². The summed E-state index contributed by atoms with van der Waals surface area (Å²) in [7, 11) is -3.07. The summed E-state index contributed by atoms with van der Waals surface area (Å²) in [5.41, 5.74) is 0.829. The first-order valence-electron chi connectivity index (χ1n) is 8.48. The van der Waals surface area contributed by atoms with Crippen molar-refractivity contribution in [2.45, 2.75) is 43.8 Å². The Hall–Kier alpha value is -1.40. The Morgan fingerprint density at radius 3 is 2.43 bits per heavy atom. The molecule has 6 heteroatoms. The van der Waals surface area contributed by atoms with Gasteiger partial charge in [0, 0.05) is 5.69 Å². The molecule has 5 nitrogen and oxygen atoms in total. The van der Waals surface area contributed by atoms with E-state index in [0.717, 1.165) is 18.5 Å². The van der Waals surface area contributed by atoms with E-state index in [2.05, 4.69) is 0 Å². The average Bonchev–Trinajstić information content (AvgIpc) is 3.14. The smallest absolute Gasteiger partial charge is 0.282 e. The van der Waals surface area contributed by atoms with Crippen LogP contribution in [0.5, 0.6) is 0 Å². The van der Waals surface area contributed by atoms with Crippen LogP contribution in [-0.4, -0.2) is 50.5 Å². The molecule has 1 aromatic rings. The van der Waals surface area contributed by atoms with Crippen molar-refractivity contribution in [2.75, 3.05) is 23.0 Å². The first-order chi connectivity index (χ1) is 11.1. The molecule has 3 fully saturated rings. The number of sulfone groups is 1. The molecule has 124 valence electrons. The second-order valence-electron chi connectivity index (χ2n) is 7.08. The minimum absolute atomic E-state index is 0.0287. The third kappa shape index (κ3) is 2.68. The summed E-state index contributed by atoms with van der Waals surface area (Å²) >= 11 is 0. The van der Waals surface area contributed by atoms with Gasteiger partial charge in [-0.25, -0.2) is 8.42 Å². The summed E-state index contributed by atoms with van der Waals surface area (Å²) in [6.45, 7) is 0.427. The highest BCUT2D eigenvalue weighted by Gasteiger charge is 2.54. The van der Waals surface area contributed by atoms with E-state index in [-0.39, 0.29) is 29.5 Å². The number of nitrogens with one attached hydrogen (secondary N) is 1. The van der Waals surface area contributed by atoms with Crippen molar-refractivity contribution in [3.8, 4) is 0 Å². The number of piperazine rings is 1. The predicted octanol–water partition coefficient (Wildman–Crippen LogP) is 0.0263. The Kier molecular flexibility index (Phi) is 3.69. The number of carbonyl (C=O) groups is 1. The maximum absolute atomic E-state index is 12.8. The van der Waals surface area contributed by atoms with Crippen molar-refractivity contribution in [2.24, 2.45) is 0 Å². The fourth-order valence-corrected chi connectivity index (χ4v) is 6.70. The Bertz CT molecular complexity index is 698. The van der Waals surface area contributed by atoms with Crippen LogP contribution in [0.1, 0.15) is 25.7 Å². The Balaban J connectivity index is 1.70. The highest BCUT2D eigenvalue weighted by Crippen LogP contribution is 2.27. The zero-order valence-electron chi connectivity index (χ0n) is 13.1. The third-order valence-electron chi connectivity index (χ3n) is 5.67. The third-order valence-corrected chi connectivity index (χ3v) is 7.38. The summed E-state index contributed by atoms with van der Waals surface area (Å²) in [6, 6.07) is 9.80. The van der Waals surface area contributed by atoms with Crippen molar-refractivity contribution in [1.29, 1.82) is 0 Å². The number of hydrogen-bond donors (Lipinski definition) is 1. The van der Waals surface area contributed by atoms with Gasteiger partial charge in [0.25, 0.3) is 5.91 Å². The van der Waals surface area contributed by atoms with Gasteiger partial charge in [0.05, 0.1) is 11.8 Å². The quantitative estimate of drug-likeness (QED) is 0.829. The van der Waals surface area contributed by atoms with Gasteiger partial charge in [-0.3, -0.25) is 9.69 Å². The normalized spacial score (nSPS) is 33.8. The standard InChI is InChI=1S/C17H22N2O3S/c20-17-10-18(13-6-4-5-7-13)15-11-23(21,22)12-16(15)19(17)14-8-2-1-3-9-14/h1-3,8-9,13,15-16H,4-7,10-12H2/p+1/t15-,16+/m0/s1. The highest BCUT2D eigenvalue weighted by molar-refractivity contribution is 7.91. The molecule has 1 aromatic carbocycles. The van der Waals surface area contributed by atoms with Gasteiger partial charge in [-0.2, -0.15) is 0 Å². The summed E-state index contributed by atoms with van der Waals surface area (Å²) in [4.78, 5) is 15.8. The highest BCUT2D eigenvalue weighted by atomic mass is 32.2. The lowest BCUT2D eigenvalue weighted by Crippen LogP contribution is -3.23. The minimum Gasteiger partial charge on any atom is -0.320 e. The zero-order valence-corrected chi connectivity index (χ0v) is 14.0. The van der Waals surface area contributed by atoms with E-state index in [1.807, 2.05) is 30.3 Å². The van der Waals surface area contributed by atoms with Crippen LogP contribution in [0.4, 0.5) is 5.69 Å². The second kappa shape index (κ2) is 5.60. The maximum atomic E-state index is 12.8.